The lowest BCUT2D eigenvalue weighted by atomic mass is 9.90. The van der Waals surface area contributed by atoms with E-state index < -0.39 is 0 Å². The highest BCUT2D eigenvalue weighted by atomic mass is 16.5. The fraction of sp³-hybridized carbons (Fsp3) is 0.571. The molecule has 1 aromatic heterocycles. The second-order valence-electron chi connectivity index (χ2n) is 8.01. The number of anilines is 1. The Kier molecular flexibility index (Phi) is 5.14. The molecule has 6 nitrogen and oxygen atoms in total. The predicted octanol–water partition coefficient (Wildman–Crippen LogP) is 4.48. The summed E-state index contributed by atoms with van der Waals surface area (Å²) >= 11 is 0. The summed E-state index contributed by atoms with van der Waals surface area (Å²) in [5.41, 5.74) is 3.66. The normalized spacial score (nSPS) is 19.8. The molecule has 0 unspecified atom stereocenters. The minimum atomic E-state index is -0.0257. The van der Waals surface area contributed by atoms with Gasteiger partial charge in [-0.25, -0.2) is 4.79 Å². The highest BCUT2D eigenvalue weighted by molar-refractivity contribution is 5.90. The topological polar surface area (TPSA) is 71.3 Å². The first-order valence-electron chi connectivity index (χ1n) is 10.1. The zero-order chi connectivity index (χ0) is 18.8. The van der Waals surface area contributed by atoms with E-state index in [2.05, 4.69) is 35.4 Å². The molecular weight excluding hydrogens is 340 g/mol. The largest absolute Gasteiger partial charge is 0.339 e. The summed E-state index contributed by atoms with van der Waals surface area (Å²) < 4.78 is 5.47. The minimum absolute atomic E-state index is 0.0257. The van der Waals surface area contributed by atoms with Crippen LogP contribution < -0.4 is 5.32 Å². The van der Waals surface area contributed by atoms with Crippen molar-refractivity contribution in [3.63, 3.8) is 0 Å². The van der Waals surface area contributed by atoms with E-state index in [1.165, 1.54) is 24.0 Å². The number of carbonyl (C=O) groups excluding carboxylic acids is 1. The standard InChI is InChI=1S/C21H28N4O2/c1-14(2)19-23-20(27-24-19)16-9-6-12-25(13-16)21(26)22-18-11-5-8-15-7-3-4-10-17(15)18/h5,8,11,14,16H,3-4,6-7,9-10,12-13H2,1-2H3,(H,22,26)/t16-/m0/s1. The van der Waals surface area contributed by atoms with E-state index >= 15 is 0 Å². The maximum absolute atomic E-state index is 12.9. The molecule has 2 heterocycles. The van der Waals surface area contributed by atoms with Crippen molar-refractivity contribution in [1.82, 2.24) is 15.0 Å². The summed E-state index contributed by atoms with van der Waals surface area (Å²) in [6.07, 6.45) is 6.52. The average Bonchev–Trinajstić information content (AvgIpc) is 3.19. The van der Waals surface area contributed by atoms with Gasteiger partial charge in [0.05, 0.1) is 5.92 Å². The van der Waals surface area contributed by atoms with Crippen molar-refractivity contribution in [2.24, 2.45) is 0 Å². The Labute approximate surface area is 160 Å². The molecule has 2 aliphatic rings. The van der Waals surface area contributed by atoms with Gasteiger partial charge in [0.15, 0.2) is 5.82 Å². The molecular formula is C21H28N4O2. The summed E-state index contributed by atoms with van der Waals surface area (Å²) in [4.78, 5) is 19.3. The molecule has 27 heavy (non-hydrogen) atoms. The fourth-order valence-corrected chi connectivity index (χ4v) is 4.10. The Morgan fingerprint density at radius 1 is 1.26 bits per heavy atom. The first-order chi connectivity index (χ1) is 13.1. The summed E-state index contributed by atoms with van der Waals surface area (Å²) in [5, 5.41) is 7.23. The molecule has 1 fully saturated rings. The number of urea groups is 1. The van der Waals surface area contributed by atoms with Crippen LogP contribution in [0.4, 0.5) is 10.5 Å². The van der Waals surface area contributed by atoms with Gasteiger partial charge in [0, 0.05) is 24.7 Å². The van der Waals surface area contributed by atoms with Gasteiger partial charge in [-0.05, 0) is 55.7 Å². The molecule has 1 aromatic carbocycles. The lowest BCUT2D eigenvalue weighted by Crippen LogP contribution is -2.41. The zero-order valence-electron chi connectivity index (χ0n) is 16.2. The van der Waals surface area contributed by atoms with Crippen LogP contribution in [0.1, 0.15) is 74.2 Å². The summed E-state index contributed by atoms with van der Waals surface area (Å²) in [5.74, 6) is 1.76. The quantitative estimate of drug-likeness (QED) is 0.867. The first-order valence-corrected chi connectivity index (χ1v) is 10.1. The molecule has 0 bridgehead atoms. The van der Waals surface area contributed by atoms with Crippen LogP contribution in [0.25, 0.3) is 0 Å². The summed E-state index contributed by atoms with van der Waals surface area (Å²) in [6.45, 7) is 5.49. The van der Waals surface area contributed by atoms with Crippen molar-refractivity contribution in [3.05, 3.63) is 41.0 Å². The number of nitrogens with zero attached hydrogens (tertiary/aromatic N) is 3. The number of nitrogens with one attached hydrogen (secondary N) is 1. The van der Waals surface area contributed by atoms with Gasteiger partial charge in [-0.2, -0.15) is 4.98 Å². The number of hydrogen-bond donors (Lipinski definition) is 1. The van der Waals surface area contributed by atoms with E-state index in [1.807, 2.05) is 17.0 Å². The highest BCUT2D eigenvalue weighted by Gasteiger charge is 2.29. The second-order valence-corrected chi connectivity index (χ2v) is 8.01. The van der Waals surface area contributed by atoms with E-state index in [0.29, 0.717) is 12.4 Å². The van der Waals surface area contributed by atoms with Gasteiger partial charge in [-0.15, -0.1) is 0 Å². The van der Waals surface area contributed by atoms with Crippen molar-refractivity contribution in [1.29, 1.82) is 0 Å². The van der Waals surface area contributed by atoms with Crippen LogP contribution in [0.3, 0.4) is 0 Å². The van der Waals surface area contributed by atoms with E-state index in [1.54, 1.807) is 0 Å². The van der Waals surface area contributed by atoms with Gasteiger partial charge >= 0.3 is 6.03 Å². The molecule has 1 aliphatic carbocycles. The molecule has 2 aromatic rings. The Balaban J connectivity index is 1.44. The van der Waals surface area contributed by atoms with Crippen LogP contribution in [-0.2, 0) is 12.8 Å². The maximum atomic E-state index is 12.9. The number of benzene rings is 1. The van der Waals surface area contributed by atoms with Crippen LogP contribution in [0.15, 0.2) is 22.7 Å². The van der Waals surface area contributed by atoms with E-state index in [-0.39, 0.29) is 17.9 Å². The third kappa shape index (κ3) is 3.84. The smallest absolute Gasteiger partial charge is 0.321 e. The molecule has 1 atom stereocenters. The van der Waals surface area contributed by atoms with Crippen LogP contribution in [-0.4, -0.2) is 34.2 Å². The maximum Gasteiger partial charge on any atom is 0.321 e. The molecule has 144 valence electrons. The number of piperidine rings is 1. The van der Waals surface area contributed by atoms with E-state index in [4.69, 9.17) is 4.52 Å². The molecule has 0 spiro atoms. The van der Waals surface area contributed by atoms with Crippen molar-refractivity contribution in [2.45, 2.75) is 64.2 Å². The fourth-order valence-electron chi connectivity index (χ4n) is 4.10. The summed E-state index contributed by atoms with van der Waals surface area (Å²) in [7, 11) is 0. The van der Waals surface area contributed by atoms with Crippen molar-refractivity contribution < 1.29 is 9.32 Å². The Hall–Kier alpha value is -2.37. The van der Waals surface area contributed by atoms with Gasteiger partial charge in [0.1, 0.15) is 0 Å². The highest BCUT2D eigenvalue weighted by Crippen LogP contribution is 2.30. The zero-order valence-corrected chi connectivity index (χ0v) is 16.2. The molecule has 1 N–H and O–H groups in total. The number of amides is 2. The number of aromatic nitrogens is 2. The molecule has 4 rings (SSSR count). The van der Waals surface area contributed by atoms with E-state index in [0.717, 1.165) is 43.7 Å². The first kappa shape index (κ1) is 18.0. The number of fused-ring (bicyclic) bond motifs is 1. The Bertz CT molecular complexity index is 814. The van der Waals surface area contributed by atoms with Crippen molar-refractivity contribution in [2.75, 3.05) is 18.4 Å². The minimum Gasteiger partial charge on any atom is -0.339 e. The number of carbonyl (C=O) groups is 1. The molecule has 1 aliphatic heterocycles. The third-order valence-electron chi connectivity index (χ3n) is 5.67. The molecule has 1 saturated heterocycles. The van der Waals surface area contributed by atoms with Crippen LogP contribution >= 0.6 is 0 Å². The lowest BCUT2D eigenvalue weighted by molar-refractivity contribution is 0.184. The SMILES string of the molecule is CC(C)c1noc([C@H]2CCCN(C(=O)Nc3cccc4c3CCCC4)C2)n1. The van der Waals surface area contributed by atoms with Gasteiger partial charge in [0.2, 0.25) is 5.89 Å². The van der Waals surface area contributed by atoms with Crippen molar-refractivity contribution in [3.8, 4) is 0 Å². The van der Waals surface area contributed by atoms with Gasteiger partial charge in [0.25, 0.3) is 0 Å². The molecule has 0 radical (unpaired) electrons. The monoisotopic (exact) mass is 368 g/mol. The number of aryl methyl sites for hydroxylation is 1. The van der Waals surface area contributed by atoms with Gasteiger partial charge in [-0.3, -0.25) is 0 Å². The molecule has 0 saturated carbocycles. The average molecular weight is 368 g/mol. The van der Waals surface area contributed by atoms with E-state index in [9.17, 15) is 4.79 Å². The van der Waals surface area contributed by atoms with Crippen LogP contribution in [0, 0.1) is 0 Å². The number of hydrogen-bond acceptors (Lipinski definition) is 4. The van der Waals surface area contributed by atoms with Crippen LogP contribution in [0.2, 0.25) is 0 Å². The van der Waals surface area contributed by atoms with Crippen molar-refractivity contribution >= 4 is 11.7 Å². The number of likely N-dealkylation sites (tertiary alicyclic amines) is 1. The molecule has 6 heteroatoms. The predicted molar refractivity (Wildman–Crippen MR) is 104 cm³/mol. The number of rotatable bonds is 3. The summed E-state index contributed by atoms with van der Waals surface area (Å²) in [6, 6.07) is 6.23. The second kappa shape index (κ2) is 7.71. The van der Waals surface area contributed by atoms with Gasteiger partial charge < -0.3 is 14.7 Å². The van der Waals surface area contributed by atoms with Crippen LogP contribution in [0.5, 0.6) is 0 Å². The Morgan fingerprint density at radius 3 is 2.93 bits per heavy atom. The lowest BCUT2D eigenvalue weighted by Gasteiger charge is -2.31. The molecule has 2 amide bonds. The third-order valence-corrected chi connectivity index (χ3v) is 5.67. The Morgan fingerprint density at radius 2 is 2.11 bits per heavy atom. The van der Waals surface area contributed by atoms with Gasteiger partial charge in [-0.1, -0.05) is 31.1 Å².